The number of carbonyl (C=O) groups is 2. The van der Waals surface area contributed by atoms with Crippen LogP contribution in [0.1, 0.15) is 31.8 Å². The number of aryl methyl sites for hydroxylation is 1. The number of imidazole rings is 1. The van der Waals surface area contributed by atoms with Gasteiger partial charge in [-0.3, -0.25) is 14.6 Å². The molecule has 0 saturated carbocycles. The van der Waals surface area contributed by atoms with Gasteiger partial charge in [-0.25, -0.2) is 17.6 Å². The van der Waals surface area contributed by atoms with Crippen LogP contribution >= 0.6 is 11.6 Å². The Hall–Kier alpha value is -4.33. The molecule has 42 heavy (non-hydrogen) atoms. The van der Waals surface area contributed by atoms with Gasteiger partial charge < -0.3 is 19.8 Å². The number of anilines is 1. The first kappa shape index (κ1) is 30.6. The molecule has 2 heterocycles. The Morgan fingerprint density at radius 1 is 1.10 bits per heavy atom. The van der Waals surface area contributed by atoms with Crippen LogP contribution < -0.4 is 16.3 Å². The van der Waals surface area contributed by atoms with Gasteiger partial charge in [-0.05, 0) is 48.5 Å². The number of nitrogens with one attached hydrogen (secondary N) is 2. The molecule has 0 fully saturated rings. The van der Waals surface area contributed by atoms with Gasteiger partial charge >= 0.3 is 6.18 Å². The van der Waals surface area contributed by atoms with Gasteiger partial charge in [0.1, 0.15) is 11.6 Å². The van der Waals surface area contributed by atoms with Crippen molar-refractivity contribution < 1.29 is 40.3 Å². The van der Waals surface area contributed by atoms with Crippen LogP contribution in [0.5, 0.6) is 0 Å². The Labute approximate surface area is 238 Å². The largest absolute Gasteiger partial charge is 0.416 e. The molecule has 1 aromatic heterocycles. The second-order valence-corrected chi connectivity index (χ2v) is 9.47. The van der Waals surface area contributed by atoms with Crippen LogP contribution in [-0.4, -0.2) is 34.4 Å². The van der Waals surface area contributed by atoms with Crippen molar-refractivity contribution in [3.63, 3.8) is 0 Å². The SMILES string of the molecule is CN=c1n(C)c2c3c(c(NC(=O)c4cc(F)cc(C(F)(F)F)c4)cc2n1CC(F)F)CNC3=O.Fc1ccc(Cl)cc1. The van der Waals surface area contributed by atoms with E-state index in [0.717, 1.165) is 0 Å². The molecule has 5 rings (SSSR count). The topological polar surface area (TPSA) is 80.4 Å². The number of rotatable bonds is 4. The standard InChI is InChI=1S/C21H17F6N5O2.C6H4ClF/c1-28-20-31(2)17-14(32(20)8-15(23)24)6-13(12-7-29-19(34)16(12)17)30-18(33)9-3-10(21(25,26)27)5-11(22)4-9;7-5-1-3-6(8)4-2-5/h3-6,15H,7-8H2,1-2H3,(H,29,34)(H,30,33);1-4H. The molecule has 0 spiro atoms. The van der Waals surface area contributed by atoms with E-state index in [9.17, 15) is 40.3 Å². The van der Waals surface area contributed by atoms with Crippen LogP contribution in [0.25, 0.3) is 11.0 Å². The van der Waals surface area contributed by atoms with Crippen LogP contribution in [-0.2, 0) is 26.3 Å². The van der Waals surface area contributed by atoms with Crippen molar-refractivity contribution in [1.29, 1.82) is 0 Å². The number of hydrogen-bond donors (Lipinski definition) is 2. The Morgan fingerprint density at radius 2 is 1.76 bits per heavy atom. The van der Waals surface area contributed by atoms with E-state index >= 15 is 0 Å². The highest BCUT2D eigenvalue weighted by molar-refractivity contribution is 6.30. The van der Waals surface area contributed by atoms with Crippen molar-refractivity contribution in [3.8, 4) is 0 Å². The van der Waals surface area contributed by atoms with Crippen LogP contribution in [0.4, 0.5) is 36.4 Å². The zero-order chi connectivity index (χ0) is 30.9. The van der Waals surface area contributed by atoms with Crippen LogP contribution in [0.2, 0.25) is 5.02 Å². The van der Waals surface area contributed by atoms with Crippen molar-refractivity contribution in [2.45, 2.75) is 25.7 Å². The summed E-state index contributed by atoms with van der Waals surface area (Å²) >= 11 is 5.44. The number of fused-ring (bicyclic) bond motifs is 3. The average molecular weight is 616 g/mol. The van der Waals surface area contributed by atoms with Crippen molar-refractivity contribution >= 4 is 40.1 Å². The predicted octanol–water partition coefficient (Wildman–Crippen LogP) is 5.91. The molecule has 0 aliphatic carbocycles. The minimum absolute atomic E-state index is 0.0138. The maximum Gasteiger partial charge on any atom is 0.416 e. The predicted molar refractivity (Wildman–Crippen MR) is 140 cm³/mol. The number of carbonyl (C=O) groups excluding carboxylic acids is 2. The fourth-order valence-electron chi connectivity index (χ4n) is 4.53. The molecular formula is C27H21ClF7N5O2. The maximum atomic E-state index is 13.8. The number of halogens is 8. The van der Waals surface area contributed by atoms with E-state index in [1.807, 2.05) is 0 Å². The Balaban J connectivity index is 0.000000437. The number of amides is 2. The second kappa shape index (κ2) is 11.9. The minimum atomic E-state index is -4.88. The number of alkyl halides is 5. The lowest BCUT2D eigenvalue weighted by Crippen LogP contribution is -2.26. The van der Waals surface area contributed by atoms with Gasteiger partial charge in [0.15, 0.2) is 0 Å². The zero-order valence-electron chi connectivity index (χ0n) is 21.8. The molecule has 0 radical (unpaired) electrons. The number of aromatic nitrogens is 2. The van der Waals surface area contributed by atoms with Gasteiger partial charge in [0.25, 0.3) is 18.2 Å². The van der Waals surface area contributed by atoms with Crippen molar-refractivity contribution in [2.24, 2.45) is 12.0 Å². The molecule has 0 unspecified atom stereocenters. The summed E-state index contributed by atoms with van der Waals surface area (Å²) in [6, 6.07) is 8.40. The highest BCUT2D eigenvalue weighted by Gasteiger charge is 2.33. The first-order chi connectivity index (χ1) is 19.7. The van der Waals surface area contributed by atoms with Gasteiger partial charge in [0.2, 0.25) is 5.62 Å². The van der Waals surface area contributed by atoms with E-state index in [0.29, 0.717) is 28.2 Å². The molecule has 0 saturated heterocycles. The van der Waals surface area contributed by atoms with E-state index in [4.69, 9.17) is 11.6 Å². The molecule has 0 atom stereocenters. The summed E-state index contributed by atoms with van der Waals surface area (Å²) in [6.07, 6.45) is -7.64. The first-order valence-corrected chi connectivity index (χ1v) is 12.4. The van der Waals surface area contributed by atoms with Gasteiger partial charge in [0.05, 0.1) is 28.7 Å². The molecule has 222 valence electrons. The maximum absolute atomic E-state index is 13.8. The smallest absolute Gasteiger partial charge is 0.348 e. The summed E-state index contributed by atoms with van der Waals surface area (Å²) in [5.74, 6) is -3.10. The number of hydrogen-bond acceptors (Lipinski definition) is 3. The summed E-state index contributed by atoms with van der Waals surface area (Å²) < 4.78 is 94.1. The summed E-state index contributed by atoms with van der Waals surface area (Å²) in [4.78, 5) is 29.3. The monoisotopic (exact) mass is 615 g/mol. The molecule has 2 N–H and O–H groups in total. The van der Waals surface area contributed by atoms with Crippen LogP contribution in [0.15, 0.2) is 53.5 Å². The lowest BCUT2D eigenvalue weighted by atomic mass is 10.0. The van der Waals surface area contributed by atoms with Gasteiger partial charge in [-0.2, -0.15) is 13.2 Å². The van der Waals surface area contributed by atoms with Crippen molar-refractivity contribution in [3.05, 3.63) is 93.1 Å². The highest BCUT2D eigenvalue weighted by atomic mass is 35.5. The van der Waals surface area contributed by atoms with Gasteiger partial charge in [-0.1, -0.05) is 11.6 Å². The summed E-state index contributed by atoms with van der Waals surface area (Å²) in [5, 5.41) is 5.54. The number of benzene rings is 3. The van der Waals surface area contributed by atoms with E-state index in [1.54, 1.807) is 7.05 Å². The third-order valence-corrected chi connectivity index (χ3v) is 6.52. The molecule has 0 bridgehead atoms. The summed E-state index contributed by atoms with van der Waals surface area (Å²) in [5.41, 5.74) is -0.910. The molecule has 15 heteroatoms. The third-order valence-electron chi connectivity index (χ3n) is 6.27. The molecule has 4 aromatic rings. The van der Waals surface area contributed by atoms with E-state index in [2.05, 4.69) is 15.6 Å². The third kappa shape index (κ3) is 6.27. The molecule has 1 aliphatic rings. The van der Waals surface area contributed by atoms with E-state index in [1.165, 1.54) is 46.5 Å². The summed E-state index contributed by atoms with van der Waals surface area (Å²) in [6.45, 7) is -0.772. The Morgan fingerprint density at radius 3 is 2.33 bits per heavy atom. The average Bonchev–Trinajstić information content (AvgIpc) is 3.42. The van der Waals surface area contributed by atoms with E-state index < -0.39 is 47.9 Å². The molecule has 2 amide bonds. The molecular weight excluding hydrogens is 595 g/mol. The van der Waals surface area contributed by atoms with Crippen LogP contribution in [0.3, 0.4) is 0 Å². The van der Waals surface area contributed by atoms with Crippen molar-refractivity contribution in [1.82, 2.24) is 14.5 Å². The second-order valence-electron chi connectivity index (χ2n) is 9.03. The normalized spacial score (nSPS) is 13.2. The first-order valence-electron chi connectivity index (χ1n) is 12.1. The minimum Gasteiger partial charge on any atom is -0.348 e. The molecule has 3 aromatic carbocycles. The quantitative estimate of drug-likeness (QED) is 0.280. The Bertz CT molecular complexity index is 1720. The highest BCUT2D eigenvalue weighted by Crippen LogP contribution is 2.34. The Kier molecular flexibility index (Phi) is 8.66. The number of nitrogens with zero attached hydrogens (tertiary/aromatic N) is 3. The lowest BCUT2D eigenvalue weighted by molar-refractivity contribution is -0.137. The van der Waals surface area contributed by atoms with Crippen LogP contribution in [0, 0.1) is 11.6 Å². The van der Waals surface area contributed by atoms with Crippen molar-refractivity contribution in [2.75, 3.05) is 12.4 Å². The molecule has 1 aliphatic heterocycles. The van der Waals surface area contributed by atoms with Gasteiger partial charge in [-0.15, -0.1) is 0 Å². The fourth-order valence-corrected chi connectivity index (χ4v) is 4.65. The lowest BCUT2D eigenvalue weighted by Gasteiger charge is -2.13. The zero-order valence-corrected chi connectivity index (χ0v) is 22.5. The summed E-state index contributed by atoms with van der Waals surface area (Å²) in [7, 11) is 2.93. The molecule has 7 nitrogen and oxygen atoms in total. The van der Waals surface area contributed by atoms with E-state index in [-0.39, 0.29) is 40.8 Å². The fraction of sp³-hybridized carbons (Fsp3) is 0.222. The van der Waals surface area contributed by atoms with Gasteiger partial charge in [0, 0.05) is 42.5 Å².